The van der Waals surface area contributed by atoms with E-state index in [0.29, 0.717) is 5.41 Å². The maximum Gasteiger partial charge on any atom is 0.0562 e. The summed E-state index contributed by atoms with van der Waals surface area (Å²) in [6, 6.07) is 0. The summed E-state index contributed by atoms with van der Waals surface area (Å²) in [7, 11) is 0. The largest absolute Gasteiger partial charge is 0.380 e. The predicted molar refractivity (Wildman–Crippen MR) is 53.5 cm³/mol. The summed E-state index contributed by atoms with van der Waals surface area (Å²) in [5, 5.41) is 0. The second-order valence-corrected chi connectivity index (χ2v) is 4.84. The van der Waals surface area contributed by atoms with E-state index in [0.717, 1.165) is 13.2 Å². The van der Waals surface area contributed by atoms with E-state index in [1.165, 1.54) is 38.5 Å². The smallest absolute Gasteiger partial charge is 0.0562 e. The molecule has 1 aliphatic heterocycles. The molecule has 0 aromatic rings. The van der Waals surface area contributed by atoms with Gasteiger partial charge in [-0.15, -0.1) is 0 Å². The SMILES string of the molecule is CCC1(C2(N)CCCCC2)COC1. The van der Waals surface area contributed by atoms with Crippen molar-refractivity contribution in [1.82, 2.24) is 0 Å². The van der Waals surface area contributed by atoms with Gasteiger partial charge in [0.1, 0.15) is 0 Å². The molecule has 2 fully saturated rings. The Balaban J connectivity index is 2.10. The number of nitrogens with two attached hydrogens (primary N) is 1. The van der Waals surface area contributed by atoms with E-state index < -0.39 is 0 Å². The molecule has 76 valence electrons. The zero-order valence-corrected chi connectivity index (χ0v) is 8.64. The Labute approximate surface area is 80.8 Å². The summed E-state index contributed by atoms with van der Waals surface area (Å²) >= 11 is 0. The monoisotopic (exact) mass is 183 g/mol. The maximum absolute atomic E-state index is 6.53. The van der Waals surface area contributed by atoms with Gasteiger partial charge in [0.05, 0.1) is 13.2 Å². The molecule has 0 spiro atoms. The van der Waals surface area contributed by atoms with E-state index in [-0.39, 0.29) is 5.54 Å². The Morgan fingerprint density at radius 1 is 1.15 bits per heavy atom. The molecule has 2 aliphatic rings. The Morgan fingerprint density at radius 2 is 1.77 bits per heavy atom. The topological polar surface area (TPSA) is 35.2 Å². The molecule has 2 heteroatoms. The molecule has 2 rings (SSSR count). The van der Waals surface area contributed by atoms with Crippen LogP contribution in [0.25, 0.3) is 0 Å². The van der Waals surface area contributed by atoms with Crippen molar-refractivity contribution in [3.8, 4) is 0 Å². The predicted octanol–water partition coefficient (Wildman–Crippen LogP) is 2.07. The molecule has 1 saturated carbocycles. The zero-order valence-electron chi connectivity index (χ0n) is 8.64. The second kappa shape index (κ2) is 3.25. The first-order valence-electron chi connectivity index (χ1n) is 5.59. The van der Waals surface area contributed by atoms with Crippen LogP contribution in [0.1, 0.15) is 45.4 Å². The molecule has 1 saturated heterocycles. The molecule has 1 aliphatic carbocycles. The summed E-state index contributed by atoms with van der Waals surface area (Å²) < 4.78 is 5.37. The molecule has 0 amide bonds. The summed E-state index contributed by atoms with van der Waals surface area (Å²) in [5.74, 6) is 0. The van der Waals surface area contributed by atoms with Gasteiger partial charge < -0.3 is 10.5 Å². The molecule has 2 N–H and O–H groups in total. The first-order valence-corrected chi connectivity index (χ1v) is 5.59. The van der Waals surface area contributed by atoms with E-state index in [1.807, 2.05) is 0 Å². The van der Waals surface area contributed by atoms with E-state index in [2.05, 4.69) is 6.92 Å². The molecule has 0 radical (unpaired) electrons. The Hall–Kier alpha value is -0.0800. The molecule has 2 nitrogen and oxygen atoms in total. The fourth-order valence-corrected chi connectivity index (χ4v) is 2.91. The summed E-state index contributed by atoms with van der Waals surface area (Å²) in [6.45, 7) is 4.06. The van der Waals surface area contributed by atoms with Crippen molar-refractivity contribution >= 4 is 0 Å². The van der Waals surface area contributed by atoms with Crippen molar-refractivity contribution in [1.29, 1.82) is 0 Å². The molecule has 0 unspecified atom stereocenters. The number of hydrogen-bond donors (Lipinski definition) is 1. The van der Waals surface area contributed by atoms with Gasteiger partial charge in [0.2, 0.25) is 0 Å². The van der Waals surface area contributed by atoms with Crippen molar-refractivity contribution in [2.45, 2.75) is 51.0 Å². The lowest BCUT2D eigenvalue weighted by Crippen LogP contribution is -2.65. The highest BCUT2D eigenvalue weighted by Crippen LogP contribution is 2.47. The van der Waals surface area contributed by atoms with Gasteiger partial charge in [0.25, 0.3) is 0 Å². The van der Waals surface area contributed by atoms with Crippen LogP contribution in [-0.2, 0) is 4.74 Å². The lowest BCUT2D eigenvalue weighted by Gasteiger charge is -2.55. The lowest BCUT2D eigenvalue weighted by molar-refractivity contribution is -0.164. The van der Waals surface area contributed by atoms with Gasteiger partial charge in [-0.25, -0.2) is 0 Å². The van der Waals surface area contributed by atoms with Gasteiger partial charge in [-0.05, 0) is 19.3 Å². The zero-order chi connectivity index (χ0) is 9.36. The molecule has 0 atom stereocenters. The van der Waals surface area contributed by atoms with Crippen LogP contribution in [0.15, 0.2) is 0 Å². The summed E-state index contributed by atoms with van der Waals surface area (Å²) in [4.78, 5) is 0. The highest BCUT2D eigenvalue weighted by atomic mass is 16.5. The van der Waals surface area contributed by atoms with Crippen molar-refractivity contribution in [2.75, 3.05) is 13.2 Å². The quantitative estimate of drug-likeness (QED) is 0.711. The van der Waals surface area contributed by atoms with E-state index in [4.69, 9.17) is 10.5 Å². The van der Waals surface area contributed by atoms with Crippen molar-refractivity contribution in [3.05, 3.63) is 0 Å². The second-order valence-electron chi connectivity index (χ2n) is 4.84. The van der Waals surface area contributed by atoms with Gasteiger partial charge in [-0.2, -0.15) is 0 Å². The highest BCUT2D eigenvalue weighted by molar-refractivity contribution is 5.06. The third-order valence-corrected chi connectivity index (χ3v) is 4.24. The van der Waals surface area contributed by atoms with E-state index in [9.17, 15) is 0 Å². The minimum atomic E-state index is 0.0955. The van der Waals surface area contributed by atoms with Crippen LogP contribution < -0.4 is 5.73 Å². The van der Waals surface area contributed by atoms with Gasteiger partial charge in [-0.1, -0.05) is 26.2 Å². The molecule has 0 bridgehead atoms. The van der Waals surface area contributed by atoms with Crippen LogP contribution in [0.5, 0.6) is 0 Å². The van der Waals surface area contributed by atoms with Crippen LogP contribution in [0.4, 0.5) is 0 Å². The third-order valence-electron chi connectivity index (χ3n) is 4.24. The van der Waals surface area contributed by atoms with Crippen LogP contribution in [0.3, 0.4) is 0 Å². The average molecular weight is 183 g/mol. The molecule has 13 heavy (non-hydrogen) atoms. The first kappa shape index (κ1) is 9.47. The molecule has 0 aromatic carbocycles. The lowest BCUT2D eigenvalue weighted by atomic mass is 9.61. The Bertz CT molecular complexity index is 175. The van der Waals surface area contributed by atoms with Crippen molar-refractivity contribution in [3.63, 3.8) is 0 Å². The van der Waals surface area contributed by atoms with E-state index in [1.54, 1.807) is 0 Å². The standard InChI is InChI=1S/C11H21NO/c1-2-10(8-13-9-10)11(12)6-4-3-5-7-11/h2-9,12H2,1H3. The van der Waals surface area contributed by atoms with Crippen LogP contribution in [-0.4, -0.2) is 18.8 Å². The number of ether oxygens (including phenoxy) is 1. The summed E-state index contributed by atoms with van der Waals surface area (Å²) in [5.41, 5.74) is 6.95. The molecular weight excluding hydrogens is 162 g/mol. The maximum atomic E-state index is 6.53. The molecule has 1 heterocycles. The van der Waals surface area contributed by atoms with Gasteiger partial charge in [0, 0.05) is 11.0 Å². The minimum Gasteiger partial charge on any atom is -0.380 e. The Morgan fingerprint density at radius 3 is 2.15 bits per heavy atom. The van der Waals surface area contributed by atoms with Crippen LogP contribution >= 0.6 is 0 Å². The third kappa shape index (κ3) is 1.31. The van der Waals surface area contributed by atoms with Crippen molar-refractivity contribution < 1.29 is 4.74 Å². The summed E-state index contributed by atoms with van der Waals surface area (Å²) in [6.07, 6.45) is 7.62. The van der Waals surface area contributed by atoms with Crippen molar-refractivity contribution in [2.24, 2.45) is 11.1 Å². The van der Waals surface area contributed by atoms with Crippen LogP contribution in [0.2, 0.25) is 0 Å². The van der Waals surface area contributed by atoms with Gasteiger partial charge >= 0.3 is 0 Å². The number of rotatable bonds is 2. The fraction of sp³-hybridized carbons (Fsp3) is 1.00. The highest BCUT2D eigenvalue weighted by Gasteiger charge is 2.52. The van der Waals surface area contributed by atoms with Gasteiger partial charge in [0.15, 0.2) is 0 Å². The molecule has 0 aromatic heterocycles. The fourth-order valence-electron chi connectivity index (χ4n) is 2.91. The Kier molecular flexibility index (Phi) is 2.37. The molecular formula is C11H21NO. The normalized spacial score (nSPS) is 30.9. The van der Waals surface area contributed by atoms with Gasteiger partial charge in [-0.3, -0.25) is 0 Å². The average Bonchev–Trinajstić information content (AvgIpc) is 2.04. The number of hydrogen-bond acceptors (Lipinski definition) is 2. The van der Waals surface area contributed by atoms with Crippen LogP contribution in [0, 0.1) is 5.41 Å². The van der Waals surface area contributed by atoms with E-state index >= 15 is 0 Å². The first-order chi connectivity index (χ1) is 6.22. The minimum absolute atomic E-state index is 0.0955.